The van der Waals surface area contributed by atoms with Crippen molar-refractivity contribution in [1.29, 1.82) is 0 Å². The van der Waals surface area contributed by atoms with Crippen LogP contribution >= 0.6 is 11.3 Å². The number of hydrogen-bond donors (Lipinski definition) is 0. The van der Waals surface area contributed by atoms with Gasteiger partial charge in [0.05, 0.1) is 22.7 Å². The van der Waals surface area contributed by atoms with E-state index in [0.717, 1.165) is 72.6 Å². The van der Waals surface area contributed by atoms with E-state index in [0.29, 0.717) is 0 Å². The van der Waals surface area contributed by atoms with Crippen LogP contribution < -0.4 is 25.5 Å². The van der Waals surface area contributed by atoms with Crippen LogP contribution in [0.2, 0.25) is 0 Å². The second-order valence-electron chi connectivity index (χ2n) is 19.9. The van der Waals surface area contributed by atoms with Crippen molar-refractivity contribution >= 4 is 121 Å². The van der Waals surface area contributed by atoms with Crippen LogP contribution in [0.15, 0.2) is 265 Å². The summed E-state index contributed by atoms with van der Waals surface area (Å²) in [7, 11) is 0. The van der Waals surface area contributed by atoms with E-state index in [1.165, 1.54) is 75.3 Å². The van der Waals surface area contributed by atoms with E-state index >= 15 is 0 Å². The van der Waals surface area contributed by atoms with Gasteiger partial charge in [-0.2, -0.15) is 0 Å². The third-order valence-electron chi connectivity index (χ3n) is 15.8. The SMILES string of the molecule is c1ccc(-c2ccccc2N2c3cc(-c4cccc(-c5c6ccccc6cc6ccccc56)c4)cc4c3B(c3ccc5c(oc6ccccc65)c3N4c3ccccc3-c3ccccc3)c3sc4ccccc4c32)cc1. The van der Waals surface area contributed by atoms with Crippen molar-refractivity contribution in [3.8, 4) is 44.5 Å². The number of thiophene rings is 1. The first kappa shape index (κ1) is 42.1. The largest absolute Gasteiger partial charge is 0.454 e. The van der Waals surface area contributed by atoms with E-state index in [9.17, 15) is 0 Å². The Morgan fingerprint density at radius 1 is 0.347 bits per heavy atom. The Morgan fingerprint density at radius 3 is 1.56 bits per heavy atom. The van der Waals surface area contributed by atoms with Crippen molar-refractivity contribution in [1.82, 2.24) is 0 Å². The molecule has 0 amide bonds. The Hall–Kier alpha value is -9.42. The number of nitrogens with zero attached hydrogens (tertiary/aromatic N) is 2. The van der Waals surface area contributed by atoms with E-state index in [1.54, 1.807) is 0 Å². The van der Waals surface area contributed by atoms with E-state index in [-0.39, 0.29) is 6.71 Å². The molecule has 0 fully saturated rings. The second-order valence-corrected chi connectivity index (χ2v) is 20.9. The summed E-state index contributed by atoms with van der Waals surface area (Å²) in [6.07, 6.45) is 0. The summed E-state index contributed by atoms with van der Waals surface area (Å²) >= 11 is 1.92. The maximum atomic E-state index is 7.21. The zero-order chi connectivity index (χ0) is 49.1. The van der Waals surface area contributed by atoms with E-state index in [4.69, 9.17) is 4.42 Å². The maximum Gasteiger partial charge on any atom is 0.264 e. The fourth-order valence-corrected chi connectivity index (χ4v) is 13.9. The molecule has 12 aromatic carbocycles. The van der Waals surface area contributed by atoms with Gasteiger partial charge >= 0.3 is 0 Å². The topological polar surface area (TPSA) is 19.6 Å². The zero-order valence-corrected chi connectivity index (χ0v) is 41.4. The molecule has 0 bridgehead atoms. The third kappa shape index (κ3) is 6.35. The number of fused-ring (bicyclic) bond motifs is 12. The van der Waals surface area contributed by atoms with Crippen molar-refractivity contribution in [2.24, 2.45) is 0 Å². The molecule has 348 valence electrons. The van der Waals surface area contributed by atoms with Crippen LogP contribution in [-0.2, 0) is 0 Å². The van der Waals surface area contributed by atoms with Crippen molar-refractivity contribution in [3.05, 3.63) is 261 Å². The summed E-state index contributed by atoms with van der Waals surface area (Å²) in [5.41, 5.74) is 20.4. The van der Waals surface area contributed by atoms with Crippen LogP contribution in [0.4, 0.5) is 34.1 Å². The van der Waals surface area contributed by atoms with Gasteiger partial charge in [-0.25, -0.2) is 0 Å². The first-order chi connectivity index (χ1) is 37.2. The van der Waals surface area contributed by atoms with Gasteiger partial charge in [0.15, 0.2) is 5.58 Å². The van der Waals surface area contributed by atoms with Gasteiger partial charge in [-0.05, 0) is 114 Å². The molecule has 0 spiro atoms. The quantitative estimate of drug-likeness (QED) is 0.122. The molecule has 14 aromatic rings. The van der Waals surface area contributed by atoms with Gasteiger partial charge in [0.1, 0.15) is 5.58 Å². The van der Waals surface area contributed by atoms with Gasteiger partial charge in [-0.3, -0.25) is 0 Å². The molecular formula is C70H43BN2OS. The number of anilines is 6. The number of furan rings is 1. The predicted octanol–water partition coefficient (Wildman–Crippen LogP) is 17.9. The summed E-state index contributed by atoms with van der Waals surface area (Å²) in [6, 6.07) is 96.1. The molecule has 16 rings (SSSR count). The third-order valence-corrected chi connectivity index (χ3v) is 17.0. The molecule has 0 aliphatic carbocycles. The molecule has 2 aromatic heterocycles. The molecule has 0 radical (unpaired) electrons. The number of para-hydroxylation sites is 3. The molecule has 0 saturated heterocycles. The van der Waals surface area contributed by atoms with Crippen molar-refractivity contribution < 1.29 is 4.42 Å². The molecule has 5 heteroatoms. The van der Waals surface area contributed by atoms with Gasteiger partial charge in [0, 0.05) is 48.1 Å². The van der Waals surface area contributed by atoms with Crippen molar-refractivity contribution in [2.75, 3.05) is 9.80 Å². The van der Waals surface area contributed by atoms with Gasteiger partial charge in [0.25, 0.3) is 6.71 Å². The number of hydrogen-bond acceptors (Lipinski definition) is 4. The smallest absolute Gasteiger partial charge is 0.264 e. The molecule has 75 heavy (non-hydrogen) atoms. The zero-order valence-electron chi connectivity index (χ0n) is 40.6. The predicted molar refractivity (Wildman–Crippen MR) is 320 cm³/mol. The highest BCUT2D eigenvalue weighted by Crippen LogP contribution is 2.53. The standard InChI is InChI=1S/C70H43BN2OS/c1-3-20-44(21-4-1)51-28-11-15-34-59(51)72-61-42-50(46-26-19-27-49(40-46)65-53-30-9-7-24-47(53)41-48-25-8-10-31-54(48)65)43-62-66(61)71(70-67(72)57-33-14-18-37-64(57)75-70)58-39-38-56-55-32-13-17-36-63(55)74-69(56)68(58)73(62)60-35-16-12-29-52(60)45-22-5-2-6-23-45/h1-43H. The lowest BCUT2D eigenvalue weighted by Gasteiger charge is -2.44. The molecule has 2 aliphatic heterocycles. The normalized spacial score (nSPS) is 12.7. The average Bonchev–Trinajstić information content (AvgIpc) is 4.08. The molecule has 0 saturated carbocycles. The summed E-state index contributed by atoms with van der Waals surface area (Å²) in [5.74, 6) is 0. The van der Waals surface area contributed by atoms with Gasteiger partial charge in [-0.15, -0.1) is 11.3 Å². The minimum atomic E-state index is -0.113. The van der Waals surface area contributed by atoms with Gasteiger partial charge in [-0.1, -0.05) is 212 Å². The van der Waals surface area contributed by atoms with Crippen LogP contribution in [0.5, 0.6) is 0 Å². The second kappa shape index (κ2) is 16.6. The fraction of sp³-hybridized carbons (Fsp3) is 0. The van der Waals surface area contributed by atoms with E-state index in [2.05, 4.69) is 271 Å². The Balaban J connectivity index is 1.06. The molecule has 3 nitrogen and oxygen atoms in total. The minimum Gasteiger partial charge on any atom is -0.454 e. The van der Waals surface area contributed by atoms with Gasteiger partial charge < -0.3 is 14.2 Å². The molecule has 0 unspecified atom stereocenters. The van der Waals surface area contributed by atoms with Crippen LogP contribution in [0, 0.1) is 0 Å². The van der Waals surface area contributed by atoms with Crippen LogP contribution in [0.25, 0.3) is 98.1 Å². The van der Waals surface area contributed by atoms with Crippen LogP contribution in [0.1, 0.15) is 0 Å². The summed E-state index contributed by atoms with van der Waals surface area (Å²) in [6.45, 7) is -0.113. The molecule has 4 heterocycles. The van der Waals surface area contributed by atoms with E-state index < -0.39 is 0 Å². The lowest BCUT2D eigenvalue weighted by molar-refractivity contribution is 0.669. The maximum absolute atomic E-state index is 7.21. The first-order valence-electron chi connectivity index (χ1n) is 25.8. The van der Waals surface area contributed by atoms with Gasteiger partial charge in [0.2, 0.25) is 0 Å². The highest BCUT2D eigenvalue weighted by Gasteiger charge is 2.47. The first-order valence-corrected chi connectivity index (χ1v) is 26.6. The number of benzene rings is 12. The van der Waals surface area contributed by atoms with Crippen molar-refractivity contribution in [3.63, 3.8) is 0 Å². The Kier molecular flexibility index (Phi) is 9.30. The average molecular weight is 971 g/mol. The molecule has 0 N–H and O–H groups in total. The summed E-state index contributed by atoms with van der Waals surface area (Å²) in [5, 5.41) is 8.41. The summed E-state index contributed by atoms with van der Waals surface area (Å²) in [4.78, 5) is 5.17. The van der Waals surface area contributed by atoms with Crippen molar-refractivity contribution in [2.45, 2.75) is 0 Å². The molecule has 2 aliphatic rings. The molecular weight excluding hydrogens is 928 g/mol. The Bertz CT molecular complexity index is 4580. The van der Waals surface area contributed by atoms with Crippen LogP contribution in [0.3, 0.4) is 0 Å². The minimum absolute atomic E-state index is 0.113. The van der Waals surface area contributed by atoms with Crippen LogP contribution in [-0.4, -0.2) is 6.71 Å². The highest BCUT2D eigenvalue weighted by molar-refractivity contribution is 7.33. The monoisotopic (exact) mass is 970 g/mol. The lowest BCUT2D eigenvalue weighted by Crippen LogP contribution is -2.60. The van der Waals surface area contributed by atoms with E-state index in [1.807, 2.05) is 11.3 Å². The lowest BCUT2D eigenvalue weighted by atomic mass is 9.36. The Morgan fingerprint density at radius 2 is 0.880 bits per heavy atom. The highest BCUT2D eigenvalue weighted by atomic mass is 32.1. The molecule has 0 atom stereocenters. The summed E-state index contributed by atoms with van der Waals surface area (Å²) < 4.78 is 9.79. The fourth-order valence-electron chi connectivity index (χ4n) is 12.6. The number of rotatable bonds is 6. The Labute approximate surface area is 438 Å².